The third kappa shape index (κ3) is 5.37. The molecule has 1 fully saturated rings. The lowest BCUT2D eigenvalue weighted by molar-refractivity contribution is -0.130. The quantitative estimate of drug-likeness (QED) is 0.458. The molecule has 0 bridgehead atoms. The number of nitrogens with two attached hydrogens (primary N) is 1. The fraction of sp³-hybridized carbons (Fsp3) is 0.280. The van der Waals surface area contributed by atoms with Gasteiger partial charge in [0.1, 0.15) is 12.1 Å². The number of aromatic amines is 1. The average Bonchev–Trinajstić information content (AvgIpc) is 3.26. The highest BCUT2D eigenvalue weighted by atomic mass is 32.2. The number of rotatable bonds is 8. The first-order chi connectivity index (χ1) is 16.3. The predicted octanol–water partition coefficient (Wildman–Crippen LogP) is 2.54. The van der Waals surface area contributed by atoms with Gasteiger partial charge in [-0.05, 0) is 36.1 Å². The van der Waals surface area contributed by atoms with E-state index in [1.165, 1.54) is 10.4 Å². The van der Waals surface area contributed by atoms with Gasteiger partial charge in [-0.3, -0.25) is 9.59 Å². The molecule has 4 rings (SSSR count). The van der Waals surface area contributed by atoms with Crippen molar-refractivity contribution in [2.75, 3.05) is 6.54 Å². The smallest absolute Gasteiger partial charge is 0.240 e. The molecule has 1 aliphatic heterocycles. The first-order valence-corrected chi connectivity index (χ1v) is 12.7. The fourth-order valence-corrected chi connectivity index (χ4v) is 5.71. The van der Waals surface area contributed by atoms with Gasteiger partial charge >= 0.3 is 0 Å². The van der Waals surface area contributed by atoms with Crippen molar-refractivity contribution >= 4 is 38.8 Å². The standard InChI is InChI=1S/C25H28N4O4S/c26-24(30)22(16-19-17-27-21-11-5-4-10-20(19)21)28-25(31)23-12-6-7-14-29(23)34(32,33)15-13-18-8-2-1-3-9-18/h1-5,8-11,13,15,17,22-23,27H,6-7,12,14,16H2,(H2,26,30)(H,28,31)/b15-13+/t22-,23-/m0/s1. The molecule has 2 aromatic carbocycles. The minimum atomic E-state index is -3.84. The number of aromatic nitrogens is 1. The van der Waals surface area contributed by atoms with Crippen molar-refractivity contribution in [3.63, 3.8) is 0 Å². The van der Waals surface area contributed by atoms with Crippen LogP contribution in [0.4, 0.5) is 0 Å². The van der Waals surface area contributed by atoms with Gasteiger partial charge in [0, 0.05) is 35.5 Å². The molecular weight excluding hydrogens is 452 g/mol. The minimum absolute atomic E-state index is 0.207. The molecule has 1 aromatic heterocycles. The number of amides is 2. The number of hydrogen-bond acceptors (Lipinski definition) is 4. The lowest BCUT2D eigenvalue weighted by atomic mass is 10.0. The van der Waals surface area contributed by atoms with E-state index in [0.29, 0.717) is 12.8 Å². The molecule has 4 N–H and O–H groups in total. The van der Waals surface area contributed by atoms with Crippen LogP contribution in [-0.4, -0.2) is 48.1 Å². The van der Waals surface area contributed by atoms with Gasteiger partial charge in [-0.1, -0.05) is 55.0 Å². The summed E-state index contributed by atoms with van der Waals surface area (Å²) in [5.74, 6) is -1.19. The van der Waals surface area contributed by atoms with Crippen LogP contribution in [0.1, 0.15) is 30.4 Å². The normalized spacial score (nSPS) is 18.2. The van der Waals surface area contributed by atoms with E-state index in [9.17, 15) is 18.0 Å². The molecule has 0 unspecified atom stereocenters. The van der Waals surface area contributed by atoms with Gasteiger partial charge in [-0.15, -0.1) is 0 Å². The summed E-state index contributed by atoms with van der Waals surface area (Å²) in [7, 11) is -3.84. The zero-order chi connectivity index (χ0) is 24.1. The molecule has 2 heterocycles. The van der Waals surface area contributed by atoms with Crippen LogP contribution in [-0.2, 0) is 26.0 Å². The molecule has 3 aromatic rings. The summed E-state index contributed by atoms with van der Waals surface area (Å²) in [6.45, 7) is 0.239. The average molecular weight is 481 g/mol. The van der Waals surface area contributed by atoms with E-state index >= 15 is 0 Å². The maximum absolute atomic E-state index is 13.2. The predicted molar refractivity (Wildman–Crippen MR) is 132 cm³/mol. The Bertz CT molecular complexity index is 1300. The number of piperidine rings is 1. The topological polar surface area (TPSA) is 125 Å². The van der Waals surface area contributed by atoms with Crippen molar-refractivity contribution < 1.29 is 18.0 Å². The number of carbonyl (C=O) groups is 2. The van der Waals surface area contributed by atoms with E-state index in [4.69, 9.17) is 5.73 Å². The molecule has 1 saturated heterocycles. The Labute approximate surface area is 198 Å². The van der Waals surface area contributed by atoms with Gasteiger partial charge in [-0.25, -0.2) is 8.42 Å². The molecular formula is C25H28N4O4S. The summed E-state index contributed by atoms with van der Waals surface area (Å²) in [4.78, 5) is 28.5. The summed E-state index contributed by atoms with van der Waals surface area (Å²) in [6.07, 6.45) is 5.27. The number of para-hydroxylation sites is 1. The van der Waals surface area contributed by atoms with E-state index in [1.54, 1.807) is 18.3 Å². The number of benzene rings is 2. The molecule has 2 amide bonds. The second kappa shape index (κ2) is 10.2. The van der Waals surface area contributed by atoms with Crippen LogP contribution in [0.5, 0.6) is 0 Å². The molecule has 1 aliphatic rings. The first-order valence-electron chi connectivity index (χ1n) is 11.2. The Balaban J connectivity index is 1.51. The van der Waals surface area contributed by atoms with Crippen LogP contribution < -0.4 is 11.1 Å². The number of nitrogens with zero attached hydrogens (tertiary/aromatic N) is 1. The van der Waals surface area contributed by atoms with E-state index in [2.05, 4.69) is 10.3 Å². The third-order valence-corrected chi connectivity index (χ3v) is 7.64. The van der Waals surface area contributed by atoms with Crippen LogP contribution in [0.3, 0.4) is 0 Å². The third-order valence-electron chi connectivity index (χ3n) is 6.07. The van der Waals surface area contributed by atoms with E-state index in [-0.39, 0.29) is 13.0 Å². The van der Waals surface area contributed by atoms with Crippen molar-refractivity contribution in [2.24, 2.45) is 5.73 Å². The monoisotopic (exact) mass is 480 g/mol. The zero-order valence-electron chi connectivity index (χ0n) is 18.7. The Hall–Kier alpha value is -3.43. The molecule has 178 valence electrons. The summed E-state index contributed by atoms with van der Waals surface area (Å²) in [6, 6.07) is 14.9. The fourth-order valence-electron chi connectivity index (χ4n) is 4.29. The van der Waals surface area contributed by atoms with E-state index in [1.807, 2.05) is 42.5 Å². The van der Waals surface area contributed by atoms with E-state index in [0.717, 1.165) is 33.9 Å². The van der Waals surface area contributed by atoms with Crippen LogP contribution in [0.25, 0.3) is 17.0 Å². The molecule has 0 aliphatic carbocycles. The van der Waals surface area contributed by atoms with Gasteiger partial charge in [0.05, 0.1) is 0 Å². The maximum Gasteiger partial charge on any atom is 0.240 e. The molecule has 0 saturated carbocycles. The van der Waals surface area contributed by atoms with Crippen LogP contribution >= 0.6 is 0 Å². The number of H-pyrrole nitrogens is 1. The van der Waals surface area contributed by atoms with Crippen molar-refractivity contribution in [1.82, 2.24) is 14.6 Å². The summed E-state index contributed by atoms with van der Waals surface area (Å²) >= 11 is 0. The summed E-state index contributed by atoms with van der Waals surface area (Å²) in [5.41, 5.74) is 8.11. The number of primary amides is 1. The SMILES string of the molecule is NC(=O)[C@H](Cc1c[nH]c2ccccc12)NC(=O)[C@@H]1CCCCN1S(=O)(=O)/C=C/c1ccccc1. The second-order valence-corrected chi connectivity index (χ2v) is 10.2. The lowest BCUT2D eigenvalue weighted by Gasteiger charge is -2.33. The van der Waals surface area contributed by atoms with Crippen molar-refractivity contribution in [3.8, 4) is 0 Å². The van der Waals surface area contributed by atoms with Crippen molar-refractivity contribution in [1.29, 1.82) is 0 Å². The van der Waals surface area contributed by atoms with Gasteiger partial charge in [0.2, 0.25) is 21.8 Å². The van der Waals surface area contributed by atoms with Gasteiger partial charge in [0.15, 0.2) is 0 Å². The first kappa shape index (κ1) is 23.7. The van der Waals surface area contributed by atoms with Crippen LogP contribution in [0, 0.1) is 0 Å². The largest absolute Gasteiger partial charge is 0.368 e. The molecule has 2 atom stereocenters. The Kier molecular flexibility index (Phi) is 7.14. The highest BCUT2D eigenvalue weighted by molar-refractivity contribution is 7.92. The second-order valence-electron chi connectivity index (χ2n) is 8.41. The van der Waals surface area contributed by atoms with Gasteiger partial charge in [-0.2, -0.15) is 4.31 Å². The molecule has 0 radical (unpaired) electrons. The number of carbonyl (C=O) groups excluding carboxylic acids is 2. The molecule has 0 spiro atoms. The molecule has 9 heteroatoms. The Morgan fingerprint density at radius 3 is 2.62 bits per heavy atom. The highest BCUT2D eigenvalue weighted by Crippen LogP contribution is 2.23. The number of hydrogen-bond donors (Lipinski definition) is 3. The van der Waals surface area contributed by atoms with E-state index < -0.39 is 33.9 Å². The van der Waals surface area contributed by atoms with Crippen molar-refractivity contribution in [2.45, 2.75) is 37.8 Å². The number of nitrogens with one attached hydrogen (secondary N) is 2. The molecule has 34 heavy (non-hydrogen) atoms. The van der Waals surface area contributed by atoms with Crippen LogP contribution in [0.2, 0.25) is 0 Å². The number of sulfonamides is 1. The minimum Gasteiger partial charge on any atom is -0.368 e. The van der Waals surface area contributed by atoms with Gasteiger partial charge in [0.25, 0.3) is 0 Å². The Morgan fingerprint density at radius 2 is 1.85 bits per heavy atom. The lowest BCUT2D eigenvalue weighted by Crippen LogP contribution is -2.55. The van der Waals surface area contributed by atoms with Crippen LogP contribution in [0.15, 0.2) is 66.2 Å². The Morgan fingerprint density at radius 1 is 1.12 bits per heavy atom. The van der Waals surface area contributed by atoms with Crippen molar-refractivity contribution in [3.05, 3.63) is 77.3 Å². The number of fused-ring (bicyclic) bond motifs is 1. The highest BCUT2D eigenvalue weighted by Gasteiger charge is 2.37. The molecule has 8 nitrogen and oxygen atoms in total. The summed E-state index contributed by atoms with van der Waals surface area (Å²) in [5, 5.41) is 4.78. The maximum atomic E-state index is 13.2. The summed E-state index contributed by atoms with van der Waals surface area (Å²) < 4.78 is 27.3. The zero-order valence-corrected chi connectivity index (χ0v) is 19.5. The van der Waals surface area contributed by atoms with Gasteiger partial charge < -0.3 is 16.0 Å².